The van der Waals surface area contributed by atoms with Crippen molar-refractivity contribution in [1.29, 1.82) is 0 Å². The topological polar surface area (TPSA) is 64.3 Å². The zero-order chi connectivity index (χ0) is 16.8. The number of hydrogen-bond acceptors (Lipinski definition) is 5. The summed E-state index contributed by atoms with van der Waals surface area (Å²) in [6.45, 7) is 0.713. The highest BCUT2D eigenvalue weighted by molar-refractivity contribution is 8.16. The van der Waals surface area contributed by atoms with E-state index in [-0.39, 0.29) is 18.6 Å². The minimum Gasteiger partial charge on any atom is -0.484 e. The molecule has 1 aromatic rings. The number of nitrogens with one attached hydrogen (secondary N) is 1. The van der Waals surface area contributed by atoms with Gasteiger partial charge in [-0.1, -0.05) is 18.6 Å². The first kappa shape index (κ1) is 18.0. The summed E-state index contributed by atoms with van der Waals surface area (Å²) in [5.74, 6) is 3.59. The third kappa shape index (κ3) is 4.83. The normalized spacial score (nSPS) is 24.7. The van der Waals surface area contributed by atoms with Crippen LogP contribution in [0, 0.1) is 5.92 Å². The molecule has 1 saturated carbocycles. The van der Waals surface area contributed by atoms with E-state index in [2.05, 4.69) is 17.4 Å². The van der Waals surface area contributed by atoms with Crippen LogP contribution in [0.4, 0.5) is 0 Å². The van der Waals surface area contributed by atoms with Crippen molar-refractivity contribution in [1.82, 2.24) is 5.32 Å². The summed E-state index contributed by atoms with van der Waals surface area (Å²) in [6, 6.07) is 8.39. The zero-order valence-corrected chi connectivity index (χ0v) is 15.5. The lowest BCUT2D eigenvalue weighted by Crippen LogP contribution is -2.42. The first-order chi connectivity index (χ1) is 11.8. The van der Waals surface area contributed by atoms with Crippen LogP contribution >= 0.6 is 23.5 Å². The Morgan fingerprint density at radius 2 is 1.92 bits per heavy atom. The Hall–Kier alpha value is -0.850. The molecule has 0 bridgehead atoms. The lowest BCUT2D eigenvalue weighted by atomic mass is 10.0. The van der Waals surface area contributed by atoms with Gasteiger partial charge in [0, 0.05) is 6.04 Å². The number of thioether (sulfide) groups is 2. The van der Waals surface area contributed by atoms with Crippen molar-refractivity contribution in [3.63, 3.8) is 0 Å². The van der Waals surface area contributed by atoms with Gasteiger partial charge in [0.1, 0.15) is 5.75 Å². The van der Waals surface area contributed by atoms with Crippen LogP contribution in [0.2, 0.25) is 0 Å². The number of nitrogens with two attached hydrogens (primary N) is 1. The number of carbonyl (C=O) groups excluding carboxylic acids is 1. The molecular weight excluding hydrogens is 340 g/mol. The average Bonchev–Trinajstić information content (AvgIpc) is 3.08. The Morgan fingerprint density at radius 1 is 1.17 bits per heavy atom. The maximum absolute atomic E-state index is 12.1. The fourth-order valence-electron chi connectivity index (χ4n) is 3.31. The van der Waals surface area contributed by atoms with Crippen molar-refractivity contribution in [2.24, 2.45) is 11.7 Å². The van der Waals surface area contributed by atoms with Gasteiger partial charge in [0.2, 0.25) is 0 Å². The van der Waals surface area contributed by atoms with Gasteiger partial charge in [0.25, 0.3) is 5.91 Å². The first-order valence-electron chi connectivity index (χ1n) is 8.71. The lowest BCUT2D eigenvalue weighted by molar-refractivity contribution is -0.124. The quantitative estimate of drug-likeness (QED) is 0.809. The van der Waals surface area contributed by atoms with E-state index >= 15 is 0 Å². The smallest absolute Gasteiger partial charge is 0.258 e. The molecular formula is C18H26N2O2S2. The third-order valence-corrected chi connectivity index (χ3v) is 7.67. The Balaban J connectivity index is 1.45. The van der Waals surface area contributed by atoms with Crippen LogP contribution in [0.25, 0.3) is 0 Å². The average molecular weight is 367 g/mol. The molecule has 2 atom stereocenters. The maximum atomic E-state index is 12.1. The molecule has 2 fully saturated rings. The number of ether oxygens (including phenoxy) is 1. The van der Waals surface area contributed by atoms with Crippen LogP contribution in [0.3, 0.4) is 0 Å². The monoisotopic (exact) mass is 366 g/mol. The minimum absolute atomic E-state index is 0.0529. The van der Waals surface area contributed by atoms with E-state index in [0.717, 1.165) is 25.0 Å². The molecule has 1 aliphatic heterocycles. The standard InChI is InChI=1S/C18H26N2O2S2/c19-11-14-3-1-4-16(14)20-17(21)12-22-15-7-5-13(6-8-15)18-23-9-2-10-24-18/h5-8,14,16,18H,1-4,9-12,19H2,(H,20,21). The molecule has 1 saturated heterocycles. The van der Waals surface area contributed by atoms with Crippen LogP contribution in [0.15, 0.2) is 24.3 Å². The number of hydrogen-bond donors (Lipinski definition) is 2. The maximum Gasteiger partial charge on any atom is 0.258 e. The largest absolute Gasteiger partial charge is 0.484 e. The predicted octanol–water partition coefficient (Wildman–Crippen LogP) is 3.18. The van der Waals surface area contributed by atoms with Crippen LogP contribution in [-0.2, 0) is 4.79 Å². The van der Waals surface area contributed by atoms with Crippen molar-refractivity contribution >= 4 is 29.4 Å². The molecule has 4 nitrogen and oxygen atoms in total. The number of carbonyl (C=O) groups is 1. The first-order valence-corrected chi connectivity index (χ1v) is 10.8. The van der Waals surface area contributed by atoms with E-state index < -0.39 is 0 Å². The van der Waals surface area contributed by atoms with E-state index in [4.69, 9.17) is 10.5 Å². The van der Waals surface area contributed by atoms with Gasteiger partial charge in [-0.3, -0.25) is 4.79 Å². The zero-order valence-electron chi connectivity index (χ0n) is 13.9. The van der Waals surface area contributed by atoms with E-state index in [1.54, 1.807) is 0 Å². The minimum atomic E-state index is -0.0529. The van der Waals surface area contributed by atoms with Crippen LogP contribution in [0.1, 0.15) is 35.8 Å². The van der Waals surface area contributed by atoms with Crippen LogP contribution in [-0.4, -0.2) is 36.6 Å². The summed E-state index contributed by atoms with van der Waals surface area (Å²) in [4.78, 5) is 12.1. The molecule has 1 aromatic carbocycles. The van der Waals surface area contributed by atoms with E-state index in [9.17, 15) is 4.79 Å². The van der Waals surface area contributed by atoms with Gasteiger partial charge in [0.05, 0.1) is 4.58 Å². The molecule has 3 N–H and O–H groups in total. The van der Waals surface area contributed by atoms with Crippen molar-refractivity contribution < 1.29 is 9.53 Å². The van der Waals surface area contributed by atoms with Crippen molar-refractivity contribution in [2.45, 2.75) is 36.3 Å². The molecule has 2 unspecified atom stereocenters. The summed E-state index contributed by atoms with van der Waals surface area (Å²) in [7, 11) is 0. The fraction of sp³-hybridized carbons (Fsp3) is 0.611. The van der Waals surface area contributed by atoms with Crippen molar-refractivity contribution in [3.05, 3.63) is 29.8 Å². The molecule has 3 rings (SSSR count). The van der Waals surface area contributed by atoms with E-state index in [1.807, 2.05) is 35.7 Å². The summed E-state index contributed by atoms with van der Waals surface area (Å²) in [5.41, 5.74) is 7.09. The summed E-state index contributed by atoms with van der Waals surface area (Å²) in [5, 5.41) is 3.06. The highest BCUT2D eigenvalue weighted by atomic mass is 32.2. The second kappa shape index (κ2) is 9.02. The molecule has 6 heteroatoms. The highest BCUT2D eigenvalue weighted by Crippen LogP contribution is 2.43. The molecule has 1 amide bonds. The van der Waals surface area contributed by atoms with Gasteiger partial charge in [-0.2, -0.15) is 0 Å². The van der Waals surface area contributed by atoms with Crippen LogP contribution in [0.5, 0.6) is 5.75 Å². The molecule has 132 valence electrons. The summed E-state index contributed by atoms with van der Waals surface area (Å²) in [6.07, 6.45) is 4.58. The second-order valence-corrected chi connectivity index (χ2v) is 9.11. The summed E-state index contributed by atoms with van der Waals surface area (Å²) >= 11 is 4.02. The van der Waals surface area contributed by atoms with Crippen LogP contribution < -0.4 is 15.8 Å². The van der Waals surface area contributed by atoms with Gasteiger partial charge in [-0.05, 0) is 60.9 Å². The molecule has 2 aliphatic rings. The van der Waals surface area contributed by atoms with Crippen molar-refractivity contribution in [2.75, 3.05) is 24.7 Å². The number of amides is 1. The van der Waals surface area contributed by atoms with E-state index in [0.29, 0.717) is 17.0 Å². The molecule has 0 radical (unpaired) electrons. The Morgan fingerprint density at radius 3 is 2.62 bits per heavy atom. The third-order valence-electron chi connectivity index (χ3n) is 4.66. The van der Waals surface area contributed by atoms with Gasteiger partial charge >= 0.3 is 0 Å². The van der Waals surface area contributed by atoms with Gasteiger partial charge in [-0.25, -0.2) is 0 Å². The lowest BCUT2D eigenvalue weighted by Gasteiger charge is -2.21. The fourth-order valence-corrected chi connectivity index (χ4v) is 6.20. The molecule has 24 heavy (non-hydrogen) atoms. The second-order valence-electron chi connectivity index (χ2n) is 6.39. The van der Waals surface area contributed by atoms with Crippen molar-refractivity contribution in [3.8, 4) is 5.75 Å². The van der Waals surface area contributed by atoms with Gasteiger partial charge in [0.15, 0.2) is 6.61 Å². The molecule has 0 aromatic heterocycles. The number of benzene rings is 1. The Bertz CT molecular complexity index is 532. The SMILES string of the molecule is NCC1CCCC1NC(=O)COc1ccc(C2SCCCS2)cc1. The number of rotatable bonds is 6. The highest BCUT2D eigenvalue weighted by Gasteiger charge is 2.27. The van der Waals surface area contributed by atoms with E-state index in [1.165, 1.54) is 23.5 Å². The predicted molar refractivity (Wildman–Crippen MR) is 103 cm³/mol. The Kier molecular flexibility index (Phi) is 6.75. The molecule has 1 aliphatic carbocycles. The Labute approximate surface area is 152 Å². The summed E-state index contributed by atoms with van der Waals surface area (Å²) < 4.78 is 6.17. The van der Waals surface area contributed by atoms with Gasteiger partial charge < -0.3 is 15.8 Å². The molecule has 0 spiro atoms. The van der Waals surface area contributed by atoms with Gasteiger partial charge in [-0.15, -0.1) is 23.5 Å². The molecule has 1 heterocycles.